The highest BCUT2D eigenvalue weighted by molar-refractivity contribution is 7.89. The normalized spacial score (nSPS) is 16.6. The van der Waals surface area contributed by atoms with Crippen molar-refractivity contribution in [3.63, 3.8) is 0 Å². The summed E-state index contributed by atoms with van der Waals surface area (Å²) in [5, 5.41) is 10.2. The number of sulfonamides is 1. The molecule has 0 bridgehead atoms. The number of carboxylic acid groups (broad SMARTS) is 1. The average Bonchev–Trinajstić information content (AvgIpc) is 2.72. The van der Waals surface area contributed by atoms with Crippen molar-refractivity contribution in [2.75, 3.05) is 0 Å². The summed E-state index contributed by atoms with van der Waals surface area (Å²) in [5.41, 5.74) is 1.72. The van der Waals surface area contributed by atoms with Crippen LogP contribution in [-0.2, 0) is 27.7 Å². The van der Waals surface area contributed by atoms with Gasteiger partial charge in [0.25, 0.3) is 0 Å². The predicted octanol–water partition coefficient (Wildman–Crippen LogP) is 3.09. The van der Waals surface area contributed by atoms with Gasteiger partial charge >= 0.3 is 5.97 Å². The molecule has 0 saturated heterocycles. The smallest absolute Gasteiger partial charge is 0.322 e. The molecule has 136 valence electrons. The number of aryl methyl sites for hydroxylation is 2. The highest BCUT2D eigenvalue weighted by Crippen LogP contribution is 2.32. The number of aliphatic carboxylic acids is 1. The van der Waals surface area contributed by atoms with E-state index >= 15 is 0 Å². The molecule has 1 aromatic carbocycles. The molecule has 0 amide bonds. The monoisotopic (exact) mass is 365 g/mol. The Balaban J connectivity index is 1.97. The van der Waals surface area contributed by atoms with Crippen LogP contribution in [0.3, 0.4) is 0 Å². The molecule has 2 aromatic rings. The third-order valence-corrected chi connectivity index (χ3v) is 6.14. The summed E-state index contributed by atoms with van der Waals surface area (Å²) in [6.07, 6.45) is 5.18. The van der Waals surface area contributed by atoms with Gasteiger partial charge in [0.05, 0.1) is 4.90 Å². The Morgan fingerprint density at radius 2 is 1.92 bits per heavy atom. The van der Waals surface area contributed by atoms with Crippen molar-refractivity contribution in [2.24, 2.45) is 5.92 Å². The van der Waals surface area contributed by atoms with E-state index in [0.29, 0.717) is 5.58 Å². The fourth-order valence-electron chi connectivity index (χ4n) is 3.30. The molecule has 1 atom stereocenters. The lowest BCUT2D eigenvalue weighted by atomic mass is 10.1. The third-order valence-electron chi connectivity index (χ3n) is 4.70. The van der Waals surface area contributed by atoms with Crippen LogP contribution in [0, 0.1) is 5.92 Å². The second-order valence-electron chi connectivity index (χ2n) is 6.90. The number of furan rings is 1. The number of hydrogen-bond donors (Lipinski definition) is 2. The lowest BCUT2D eigenvalue weighted by molar-refractivity contribution is -0.140. The molecule has 0 aliphatic heterocycles. The van der Waals surface area contributed by atoms with Crippen LogP contribution in [0.1, 0.15) is 44.4 Å². The van der Waals surface area contributed by atoms with E-state index in [1.165, 1.54) is 24.1 Å². The van der Waals surface area contributed by atoms with Crippen LogP contribution in [0.25, 0.3) is 11.0 Å². The zero-order chi connectivity index (χ0) is 18.2. The van der Waals surface area contributed by atoms with Gasteiger partial charge < -0.3 is 9.52 Å². The molecule has 7 heteroatoms. The minimum Gasteiger partial charge on any atom is -0.480 e. The van der Waals surface area contributed by atoms with Gasteiger partial charge in [0.1, 0.15) is 17.4 Å². The zero-order valence-corrected chi connectivity index (χ0v) is 15.2. The maximum atomic E-state index is 12.6. The average molecular weight is 365 g/mol. The van der Waals surface area contributed by atoms with Gasteiger partial charge in [0, 0.05) is 23.4 Å². The van der Waals surface area contributed by atoms with E-state index in [9.17, 15) is 18.3 Å². The molecular weight excluding hydrogens is 342 g/mol. The summed E-state index contributed by atoms with van der Waals surface area (Å²) in [7, 11) is -3.94. The van der Waals surface area contributed by atoms with Crippen LogP contribution in [0.5, 0.6) is 0 Å². The minimum absolute atomic E-state index is 0.0239. The molecule has 3 rings (SSSR count). The number of carbonyl (C=O) groups is 1. The fraction of sp³-hybridized carbons (Fsp3) is 0.500. The van der Waals surface area contributed by atoms with Crippen LogP contribution in [0.4, 0.5) is 0 Å². The van der Waals surface area contributed by atoms with E-state index in [2.05, 4.69) is 4.72 Å². The Labute approximate surface area is 147 Å². The van der Waals surface area contributed by atoms with E-state index in [4.69, 9.17) is 4.42 Å². The van der Waals surface area contributed by atoms with Gasteiger partial charge in [-0.2, -0.15) is 4.72 Å². The molecular formula is C18H23NO5S. The summed E-state index contributed by atoms with van der Waals surface area (Å²) in [4.78, 5) is 11.3. The molecule has 1 aromatic heterocycles. The predicted molar refractivity (Wildman–Crippen MR) is 94.1 cm³/mol. The topological polar surface area (TPSA) is 96.6 Å². The van der Waals surface area contributed by atoms with Crippen molar-refractivity contribution in [1.29, 1.82) is 0 Å². The Morgan fingerprint density at radius 3 is 2.60 bits per heavy atom. The van der Waals surface area contributed by atoms with Crippen LogP contribution >= 0.6 is 0 Å². The van der Waals surface area contributed by atoms with Crippen LogP contribution in [-0.4, -0.2) is 25.5 Å². The van der Waals surface area contributed by atoms with Crippen molar-refractivity contribution in [3.05, 3.63) is 29.5 Å². The summed E-state index contributed by atoms with van der Waals surface area (Å²) in [6.45, 7) is 3.32. The van der Waals surface area contributed by atoms with Crippen LogP contribution in [0.15, 0.2) is 27.5 Å². The summed E-state index contributed by atoms with van der Waals surface area (Å²) in [6, 6.07) is 3.60. The number of rotatable bonds is 5. The van der Waals surface area contributed by atoms with E-state index in [1.54, 1.807) is 19.9 Å². The number of hydrogen-bond acceptors (Lipinski definition) is 4. The Bertz CT molecular complexity index is 898. The maximum absolute atomic E-state index is 12.6. The largest absolute Gasteiger partial charge is 0.480 e. The highest BCUT2D eigenvalue weighted by atomic mass is 32.2. The first-order valence-electron chi connectivity index (χ1n) is 8.59. The number of benzene rings is 1. The van der Waals surface area contributed by atoms with E-state index in [1.807, 2.05) is 0 Å². The van der Waals surface area contributed by atoms with Crippen molar-refractivity contribution < 1.29 is 22.7 Å². The Kier molecular flexibility index (Phi) is 4.88. The Morgan fingerprint density at radius 1 is 1.20 bits per heavy atom. The van der Waals surface area contributed by atoms with Crippen LogP contribution in [0.2, 0.25) is 0 Å². The van der Waals surface area contributed by atoms with Gasteiger partial charge in [-0.25, -0.2) is 8.42 Å². The first-order valence-corrected chi connectivity index (χ1v) is 10.1. The zero-order valence-electron chi connectivity index (χ0n) is 14.4. The quantitative estimate of drug-likeness (QED) is 0.794. The SMILES string of the molecule is CC(C)[C@@H](NS(=O)(=O)c1ccc2c3c(oc2c1)CCCCC3)C(=O)O. The molecule has 25 heavy (non-hydrogen) atoms. The maximum Gasteiger partial charge on any atom is 0.322 e. The van der Waals surface area contributed by atoms with E-state index in [0.717, 1.165) is 36.8 Å². The molecule has 0 unspecified atom stereocenters. The van der Waals surface area contributed by atoms with Gasteiger partial charge in [-0.15, -0.1) is 0 Å². The molecule has 0 saturated carbocycles. The first-order chi connectivity index (χ1) is 11.8. The van der Waals surface area contributed by atoms with Gasteiger partial charge in [0.2, 0.25) is 10.0 Å². The van der Waals surface area contributed by atoms with Crippen molar-refractivity contribution >= 4 is 27.0 Å². The minimum atomic E-state index is -3.94. The molecule has 6 nitrogen and oxygen atoms in total. The molecule has 2 N–H and O–H groups in total. The molecule has 0 radical (unpaired) electrons. The molecule has 0 fully saturated rings. The van der Waals surface area contributed by atoms with Gasteiger partial charge in [-0.3, -0.25) is 4.79 Å². The standard InChI is InChI=1S/C18H23NO5S/c1-11(2)17(18(20)21)19-25(22,23)12-8-9-14-13-6-4-3-5-7-15(13)24-16(14)10-12/h8-11,17,19H,3-7H2,1-2H3,(H,20,21)/t17-/m1/s1. The van der Waals surface area contributed by atoms with Gasteiger partial charge in [-0.05, 0) is 37.3 Å². The Hall–Kier alpha value is -1.86. The lowest BCUT2D eigenvalue weighted by Crippen LogP contribution is -2.44. The number of nitrogens with one attached hydrogen (secondary N) is 1. The number of fused-ring (bicyclic) bond motifs is 3. The second kappa shape index (κ2) is 6.80. The van der Waals surface area contributed by atoms with E-state index < -0.39 is 22.0 Å². The molecule has 1 aliphatic rings. The molecule has 1 heterocycles. The second-order valence-corrected chi connectivity index (χ2v) is 8.62. The van der Waals surface area contributed by atoms with Crippen molar-refractivity contribution in [1.82, 2.24) is 4.72 Å². The summed E-state index contributed by atoms with van der Waals surface area (Å²) < 4.78 is 33.3. The van der Waals surface area contributed by atoms with Crippen molar-refractivity contribution in [2.45, 2.75) is 56.9 Å². The molecule has 1 aliphatic carbocycles. The highest BCUT2D eigenvalue weighted by Gasteiger charge is 2.28. The lowest BCUT2D eigenvalue weighted by Gasteiger charge is -2.17. The third kappa shape index (κ3) is 3.57. The summed E-state index contributed by atoms with van der Waals surface area (Å²) in [5.74, 6) is -0.611. The summed E-state index contributed by atoms with van der Waals surface area (Å²) >= 11 is 0. The van der Waals surface area contributed by atoms with Gasteiger partial charge in [0.15, 0.2) is 0 Å². The van der Waals surface area contributed by atoms with Gasteiger partial charge in [-0.1, -0.05) is 20.3 Å². The molecule has 0 spiro atoms. The first kappa shape index (κ1) is 17.9. The van der Waals surface area contributed by atoms with Crippen molar-refractivity contribution in [3.8, 4) is 0 Å². The van der Waals surface area contributed by atoms with E-state index in [-0.39, 0.29) is 10.8 Å². The van der Waals surface area contributed by atoms with Crippen LogP contribution < -0.4 is 4.72 Å². The fourth-order valence-corrected chi connectivity index (χ4v) is 4.65. The number of carboxylic acids is 1.